The van der Waals surface area contributed by atoms with Crippen LogP contribution in [0.3, 0.4) is 0 Å². The van der Waals surface area contributed by atoms with Crippen molar-refractivity contribution < 1.29 is 13.3 Å². The van der Waals surface area contributed by atoms with Crippen molar-refractivity contribution in [2.45, 2.75) is 0 Å². The minimum absolute atomic E-state index is 0.826. The molecule has 0 saturated carbocycles. The van der Waals surface area contributed by atoms with Gasteiger partial charge in [-0.3, -0.25) is 0 Å². The molecule has 9 aromatic carbocycles. The molecule has 0 fully saturated rings. The lowest BCUT2D eigenvalue weighted by Gasteiger charge is -2.25. The highest BCUT2D eigenvalue weighted by atomic mass is 16.3. The normalized spacial score (nSPS) is 11.9. The third kappa shape index (κ3) is 4.60. The molecule has 12 aromatic rings. The van der Waals surface area contributed by atoms with E-state index in [9.17, 15) is 0 Å². The highest BCUT2D eigenvalue weighted by molar-refractivity contribution is 6.20. The fourth-order valence-corrected chi connectivity index (χ4v) is 8.72. The van der Waals surface area contributed by atoms with E-state index >= 15 is 0 Å². The zero-order chi connectivity index (χ0) is 36.7. The molecule has 3 heterocycles. The molecule has 0 amide bonds. The van der Waals surface area contributed by atoms with Crippen LogP contribution in [-0.2, 0) is 0 Å². The Morgan fingerprint density at radius 3 is 1.61 bits per heavy atom. The van der Waals surface area contributed by atoms with Crippen molar-refractivity contribution in [2.75, 3.05) is 4.90 Å². The lowest BCUT2D eigenvalue weighted by Crippen LogP contribution is -2.09. The van der Waals surface area contributed by atoms with Gasteiger partial charge in [0, 0.05) is 66.1 Å². The number of anilines is 3. The van der Waals surface area contributed by atoms with Crippen molar-refractivity contribution in [1.29, 1.82) is 0 Å². The van der Waals surface area contributed by atoms with Crippen LogP contribution in [-0.4, -0.2) is 0 Å². The van der Waals surface area contributed by atoms with Crippen molar-refractivity contribution in [3.05, 3.63) is 188 Å². The van der Waals surface area contributed by atoms with Crippen molar-refractivity contribution >= 4 is 93.7 Å². The number of hydrogen-bond acceptors (Lipinski definition) is 4. The van der Waals surface area contributed by atoms with E-state index < -0.39 is 0 Å². The van der Waals surface area contributed by atoms with Crippen molar-refractivity contribution in [3.63, 3.8) is 0 Å². The summed E-state index contributed by atoms with van der Waals surface area (Å²) in [7, 11) is 0. The molecule has 3 aromatic heterocycles. The molecular formula is C52H31NO3. The summed E-state index contributed by atoms with van der Waals surface area (Å²) < 4.78 is 20.0. The van der Waals surface area contributed by atoms with Gasteiger partial charge in [0.25, 0.3) is 0 Å². The Kier molecular flexibility index (Phi) is 6.60. The van der Waals surface area contributed by atoms with E-state index in [1.807, 2.05) is 12.1 Å². The van der Waals surface area contributed by atoms with Gasteiger partial charge < -0.3 is 18.2 Å². The Labute approximate surface area is 321 Å². The topological polar surface area (TPSA) is 42.7 Å². The van der Waals surface area contributed by atoms with Gasteiger partial charge in [-0.15, -0.1) is 0 Å². The smallest absolute Gasteiger partial charge is 0.143 e. The summed E-state index contributed by atoms with van der Waals surface area (Å²) in [6.07, 6.45) is 0. The predicted octanol–water partition coefficient (Wildman–Crippen LogP) is 15.3. The maximum absolute atomic E-state index is 6.79. The third-order valence-electron chi connectivity index (χ3n) is 11.3. The van der Waals surface area contributed by atoms with Crippen molar-refractivity contribution in [1.82, 2.24) is 0 Å². The molecule has 0 aliphatic heterocycles. The monoisotopic (exact) mass is 717 g/mol. The molecule has 0 unspecified atom stereocenters. The van der Waals surface area contributed by atoms with Crippen LogP contribution in [0.5, 0.6) is 0 Å². The molecule has 262 valence electrons. The van der Waals surface area contributed by atoms with Gasteiger partial charge in [-0.05, 0) is 70.9 Å². The maximum Gasteiger partial charge on any atom is 0.143 e. The standard InChI is InChI=1S/C52H31NO3/c1-2-14-34(15-3-1)53(35-27-26-32-12-4-5-13-33(32)30-35)36-28-29-47-45(31-36)43-22-9-20-41(51(43)55-47)42-21-10-23-44-49-38(17-11-25-48(49)56-52(42)44)40-19-8-18-39-37-16-6-7-24-46(37)54-50(39)40/h1-31H. The summed E-state index contributed by atoms with van der Waals surface area (Å²) in [6.45, 7) is 0. The SMILES string of the molecule is c1ccc(N(c2ccc3ccccc3c2)c2ccc3oc4c(-c5cccc6c5oc5cccc(-c7cccc8c7oc7ccccc78)c56)cccc4c3c2)cc1. The van der Waals surface area contributed by atoms with Gasteiger partial charge >= 0.3 is 0 Å². The summed E-state index contributed by atoms with van der Waals surface area (Å²) in [6, 6.07) is 65.9. The number of para-hydroxylation sites is 5. The zero-order valence-electron chi connectivity index (χ0n) is 30.1. The predicted molar refractivity (Wildman–Crippen MR) is 231 cm³/mol. The van der Waals surface area contributed by atoms with Gasteiger partial charge in [0.2, 0.25) is 0 Å². The summed E-state index contributed by atoms with van der Waals surface area (Å²) >= 11 is 0. The van der Waals surface area contributed by atoms with Crippen LogP contribution in [0.2, 0.25) is 0 Å². The van der Waals surface area contributed by atoms with Crippen LogP contribution in [0, 0.1) is 0 Å². The molecule has 12 rings (SSSR count). The molecular weight excluding hydrogens is 687 g/mol. The number of benzene rings is 9. The molecule has 4 nitrogen and oxygen atoms in total. The zero-order valence-corrected chi connectivity index (χ0v) is 30.1. The van der Waals surface area contributed by atoms with Gasteiger partial charge in [0.1, 0.15) is 33.5 Å². The van der Waals surface area contributed by atoms with E-state index in [-0.39, 0.29) is 0 Å². The minimum Gasteiger partial charge on any atom is -0.455 e. The highest BCUT2D eigenvalue weighted by Crippen LogP contribution is 2.46. The average Bonchev–Trinajstić information content (AvgIpc) is 3.95. The fourth-order valence-electron chi connectivity index (χ4n) is 8.72. The Hall–Kier alpha value is -7.56. The Balaban J connectivity index is 1.03. The summed E-state index contributed by atoms with van der Waals surface area (Å²) in [5.74, 6) is 0. The molecule has 0 aliphatic carbocycles. The second-order valence-corrected chi connectivity index (χ2v) is 14.4. The number of nitrogens with zero attached hydrogens (tertiary/aromatic N) is 1. The first-order valence-corrected chi connectivity index (χ1v) is 18.9. The van der Waals surface area contributed by atoms with E-state index in [0.29, 0.717) is 0 Å². The first-order valence-electron chi connectivity index (χ1n) is 18.9. The van der Waals surface area contributed by atoms with Crippen molar-refractivity contribution in [2.24, 2.45) is 0 Å². The summed E-state index contributed by atoms with van der Waals surface area (Å²) in [4.78, 5) is 2.31. The largest absolute Gasteiger partial charge is 0.455 e. The van der Waals surface area contributed by atoms with Gasteiger partial charge in [0.15, 0.2) is 0 Å². The Morgan fingerprint density at radius 2 is 0.804 bits per heavy atom. The maximum atomic E-state index is 6.79. The van der Waals surface area contributed by atoms with E-state index in [2.05, 4.69) is 181 Å². The summed E-state index contributed by atoms with van der Waals surface area (Å²) in [5, 5.41) is 8.85. The molecule has 0 N–H and O–H groups in total. The molecule has 0 spiro atoms. The van der Waals surface area contributed by atoms with Gasteiger partial charge in [-0.2, -0.15) is 0 Å². The number of hydrogen-bond donors (Lipinski definition) is 0. The second kappa shape index (κ2) is 12.0. The van der Waals surface area contributed by atoms with Crippen LogP contribution >= 0.6 is 0 Å². The average molecular weight is 718 g/mol. The Bertz CT molecular complexity index is 3500. The first-order chi connectivity index (χ1) is 27.8. The van der Waals surface area contributed by atoms with E-state index in [1.54, 1.807) is 0 Å². The molecule has 0 saturated heterocycles. The third-order valence-corrected chi connectivity index (χ3v) is 11.3. The molecule has 0 atom stereocenters. The number of rotatable bonds is 5. The minimum atomic E-state index is 0.826. The van der Waals surface area contributed by atoms with Gasteiger partial charge in [-0.1, -0.05) is 133 Å². The second-order valence-electron chi connectivity index (χ2n) is 14.4. The number of furan rings is 3. The highest BCUT2D eigenvalue weighted by Gasteiger charge is 2.22. The van der Waals surface area contributed by atoms with Crippen LogP contribution in [0.1, 0.15) is 0 Å². The van der Waals surface area contributed by atoms with Crippen molar-refractivity contribution in [3.8, 4) is 22.3 Å². The molecule has 56 heavy (non-hydrogen) atoms. The van der Waals surface area contributed by atoms with Crippen LogP contribution in [0.15, 0.2) is 201 Å². The fraction of sp³-hybridized carbons (Fsp3) is 0. The van der Waals surface area contributed by atoms with E-state index in [0.717, 1.165) is 105 Å². The van der Waals surface area contributed by atoms with E-state index in [1.165, 1.54) is 10.8 Å². The van der Waals surface area contributed by atoms with Crippen LogP contribution < -0.4 is 4.90 Å². The van der Waals surface area contributed by atoms with E-state index in [4.69, 9.17) is 13.3 Å². The lowest BCUT2D eigenvalue weighted by molar-refractivity contribution is 0.665. The van der Waals surface area contributed by atoms with Crippen LogP contribution in [0.25, 0.3) is 98.8 Å². The molecule has 0 bridgehead atoms. The molecule has 0 aliphatic rings. The lowest BCUT2D eigenvalue weighted by atomic mass is 9.95. The first kappa shape index (κ1) is 30.9. The molecule has 4 heteroatoms. The molecule has 0 radical (unpaired) electrons. The van der Waals surface area contributed by atoms with Gasteiger partial charge in [-0.25, -0.2) is 0 Å². The van der Waals surface area contributed by atoms with Gasteiger partial charge in [0.05, 0.1) is 0 Å². The number of fused-ring (bicyclic) bond motifs is 10. The van der Waals surface area contributed by atoms with Crippen LogP contribution in [0.4, 0.5) is 17.1 Å². The Morgan fingerprint density at radius 1 is 0.286 bits per heavy atom. The quantitative estimate of drug-likeness (QED) is 0.178. The summed E-state index contributed by atoms with van der Waals surface area (Å²) in [5.41, 5.74) is 12.4.